The van der Waals surface area contributed by atoms with Gasteiger partial charge in [0.2, 0.25) is 0 Å². The van der Waals surface area contributed by atoms with Crippen LogP contribution in [0, 0.1) is 26.7 Å². The second-order valence-electron chi connectivity index (χ2n) is 5.33. The van der Waals surface area contributed by atoms with E-state index >= 15 is 0 Å². The Bertz CT molecular complexity index is 462. The van der Waals surface area contributed by atoms with Gasteiger partial charge in [-0.3, -0.25) is 4.79 Å². The molecule has 1 aliphatic rings. The summed E-state index contributed by atoms with van der Waals surface area (Å²) in [4.78, 5) is 12.6. The Morgan fingerprint density at radius 3 is 2.56 bits per heavy atom. The number of benzene rings is 1. The van der Waals surface area contributed by atoms with E-state index in [2.05, 4.69) is 26.8 Å². The number of hydrogen-bond donors (Lipinski definition) is 0. The highest BCUT2D eigenvalue weighted by atomic mass is 16.5. The summed E-state index contributed by atoms with van der Waals surface area (Å²) in [6.07, 6.45) is 1.89. The average molecular weight is 246 g/mol. The summed E-state index contributed by atoms with van der Waals surface area (Å²) in [5, 5.41) is 0. The number of ketones is 1. The Balaban J connectivity index is 2.31. The molecule has 0 bridgehead atoms. The Morgan fingerprint density at radius 1 is 1.22 bits per heavy atom. The van der Waals surface area contributed by atoms with Crippen LogP contribution in [0.15, 0.2) is 12.1 Å². The Hall–Kier alpha value is -1.15. The molecule has 1 fully saturated rings. The quantitative estimate of drug-likeness (QED) is 0.762. The van der Waals surface area contributed by atoms with E-state index < -0.39 is 0 Å². The molecule has 1 aliphatic heterocycles. The molecule has 0 radical (unpaired) electrons. The van der Waals surface area contributed by atoms with Crippen LogP contribution in [0.3, 0.4) is 0 Å². The summed E-state index contributed by atoms with van der Waals surface area (Å²) in [5.41, 5.74) is 4.41. The lowest BCUT2D eigenvalue weighted by atomic mass is 9.87. The zero-order chi connectivity index (χ0) is 13.3. The normalized spacial score (nSPS) is 23.3. The number of carbonyl (C=O) groups excluding carboxylic acids is 1. The van der Waals surface area contributed by atoms with Gasteiger partial charge in [-0.15, -0.1) is 0 Å². The van der Waals surface area contributed by atoms with Crippen molar-refractivity contribution in [3.8, 4) is 0 Å². The summed E-state index contributed by atoms with van der Waals surface area (Å²) in [7, 11) is 0. The third-order valence-electron chi connectivity index (χ3n) is 4.05. The standard InChI is InChI=1S/C16H22O2/c1-5-15-13(6-7-18-15)16(17)14-9-11(3)10(2)8-12(14)4/h8-9,13,15H,5-7H2,1-4H3. The number of rotatable bonds is 3. The molecule has 1 heterocycles. The molecule has 2 atom stereocenters. The van der Waals surface area contributed by atoms with Crippen molar-refractivity contribution in [2.45, 2.75) is 46.6 Å². The van der Waals surface area contributed by atoms with Gasteiger partial charge in [-0.2, -0.15) is 0 Å². The first kappa shape index (κ1) is 13.3. The first-order valence-electron chi connectivity index (χ1n) is 6.78. The van der Waals surface area contributed by atoms with Crippen molar-refractivity contribution in [2.24, 2.45) is 5.92 Å². The van der Waals surface area contributed by atoms with Crippen LogP contribution < -0.4 is 0 Å². The maximum atomic E-state index is 12.6. The molecule has 2 heteroatoms. The molecule has 0 amide bonds. The summed E-state index contributed by atoms with van der Waals surface area (Å²) in [5.74, 6) is 0.316. The topological polar surface area (TPSA) is 26.3 Å². The first-order valence-corrected chi connectivity index (χ1v) is 6.78. The smallest absolute Gasteiger partial charge is 0.168 e. The molecule has 1 saturated heterocycles. The van der Waals surface area contributed by atoms with Crippen molar-refractivity contribution in [1.29, 1.82) is 0 Å². The average Bonchev–Trinajstić information content (AvgIpc) is 2.81. The number of Topliss-reactive ketones (excluding diaryl/α,β-unsaturated/α-hetero) is 1. The maximum Gasteiger partial charge on any atom is 0.168 e. The molecule has 0 saturated carbocycles. The van der Waals surface area contributed by atoms with Gasteiger partial charge in [0.1, 0.15) is 0 Å². The van der Waals surface area contributed by atoms with E-state index in [1.807, 2.05) is 13.0 Å². The highest BCUT2D eigenvalue weighted by Gasteiger charge is 2.33. The fourth-order valence-electron chi connectivity index (χ4n) is 2.78. The van der Waals surface area contributed by atoms with Gasteiger partial charge in [0, 0.05) is 12.2 Å². The SMILES string of the molecule is CCC1OCCC1C(=O)c1cc(C)c(C)cc1C. The molecule has 0 N–H and O–H groups in total. The second kappa shape index (κ2) is 5.23. The Kier molecular flexibility index (Phi) is 3.86. The molecule has 1 aromatic rings. The number of aryl methyl sites for hydroxylation is 3. The Labute approximate surface area is 109 Å². The van der Waals surface area contributed by atoms with E-state index in [0.717, 1.165) is 30.6 Å². The van der Waals surface area contributed by atoms with Crippen LogP contribution in [0.1, 0.15) is 46.8 Å². The second-order valence-corrected chi connectivity index (χ2v) is 5.33. The fourth-order valence-corrected chi connectivity index (χ4v) is 2.78. The molecule has 2 rings (SSSR count). The van der Waals surface area contributed by atoms with Crippen LogP contribution >= 0.6 is 0 Å². The van der Waals surface area contributed by atoms with Crippen molar-refractivity contribution in [2.75, 3.05) is 6.61 Å². The predicted octanol–water partition coefficient (Wildman–Crippen LogP) is 3.61. The molecule has 2 unspecified atom stereocenters. The van der Waals surface area contributed by atoms with Crippen LogP contribution in [-0.2, 0) is 4.74 Å². The summed E-state index contributed by atoms with van der Waals surface area (Å²) >= 11 is 0. The molecule has 98 valence electrons. The first-order chi connectivity index (χ1) is 8.54. The molecule has 0 spiro atoms. The van der Waals surface area contributed by atoms with Crippen molar-refractivity contribution in [1.82, 2.24) is 0 Å². The summed E-state index contributed by atoms with van der Waals surface area (Å²) < 4.78 is 5.63. The minimum Gasteiger partial charge on any atom is -0.377 e. The van der Waals surface area contributed by atoms with Gasteiger partial charge in [0.25, 0.3) is 0 Å². The lowest BCUT2D eigenvalue weighted by Gasteiger charge is -2.17. The molecule has 2 nitrogen and oxygen atoms in total. The van der Waals surface area contributed by atoms with Crippen LogP contribution in [0.2, 0.25) is 0 Å². The van der Waals surface area contributed by atoms with E-state index in [-0.39, 0.29) is 17.8 Å². The van der Waals surface area contributed by atoms with Crippen LogP contribution in [0.5, 0.6) is 0 Å². The van der Waals surface area contributed by atoms with Crippen LogP contribution in [0.25, 0.3) is 0 Å². The van der Waals surface area contributed by atoms with Crippen molar-refractivity contribution in [3.63, 3.8) is 0 Å². The van der Waals surface area contributed by atoms with Crippen LogP contribution in [0.4, 0.5) is 0 Å². The molecule has 1 aromatic carbocycles. The largest absolute Gasteiger partial charge is 0.377 e. The lowest BCUT2D eigenvalue weighted by Crippen LogP contribution is -2.24. The molecule has 18 heavy (non-hydrogen) atoms. The lowest BCUT2D eigenvalue weighted by molar-refractivity contribution is 0.0688. The fraction of sp³-hybridized carbons (Fsp3) is 0.562. The zero-order valence-electron chi connectivity index (χ0n) is 11.7. The number of carbonyl (C=O) groups is 1. The predicted molar refractivity (Wildman–Crippen MR) is 73.1 cm³/mol. The molecule has 0 aromatic heterocycles. The van der Waals surface area contributed by atoms with E-state index in [4.69, 9.17) is 4.74 Å². The third kappa shape index (κ3) is 2.35. The highest BCUT2D eigenvalue weighted by molar-refractivity contribution is 5.99. The van der Waals surface area contributed by atoms with Gasteiger partial charge in [0.05, 0.1) is 12.0 Å². The minimum atomic E-state index is 0.0517. The monoisotopic (exact) mass is 246 g/mol. The zero-order valence-corrected chi connectivity index (χ0v) is 11.7. The van der Waals surface area contributed by atoms with Crippen LogP contribution in [-0.4, -0.2) is 18.5 Å². The van der Waals surface area contributed by atoms with Gasteiger partial charge < -0.3 is 4.74 Å². The number of hydrogen-bond acceptors (Lipinski definition) is 2. The maximum absolute atomic E-state index is 12.6. The van der Waals surface area contributed by atoms with E-state index in [0.29, 0.717) is 0 Å². The minimum absolute atomic E-state index is 0.0517. The van der Waals surface area contributed by atoms with Gasteiger partial charge in [-0.1, -0.05) is 13.0 Å². The summed E-state index contributed by atoms with van der Waals surface area (Å²) in [6, 6.07) is 4.15. The molecular weight excluding hydrogens is 224 g/mol. The summed E-state index contributed by atoms with van der Waals surface area (Å²) in [6.45, 7) is 8.98. The van der Waals surface area contributed by atoms with Crippen molar-refractivity contribution < 1.29 is 9.53 Å². The van der Waals surface area contributed by atoms with E-state index in [1.165, 1.54) is 11.1 Å². The van der Waals surface area contributed by atoms with Crippen molar-refractivity contribution >= 4 is 5.78 Å². The van der Waals surface area contributed by atoms with Gasteiger partial charge in [0.15, 0.2) is 5.78 Å². The molecular formula is C16H22O2. The van der Waals surface area contributed by atoms with Gasteiger partial charge in [-0.05, 0) is 56.4 Å². The third-order valence-corrected chi connectivity index (χ3v) is 4.05. The van der Waals surface area contributed by atoms with E-state index in [1.54, 1.807) is 0 Å². The van der Waals surface area contributed by atoms with Gasteiger partial charge >= 0.3 is 0 Å². The van der Waals surface area contributed by atoms with E-state index in [9.17, 15) is 4.79 Å². The Morgan fingerprint density at radius 2 is 1.89 bits per heavy atom. The van der Waals surface area contributed by atoms with Gasteiger partial charge in [-0.25, -0.2) is 0 Å². The highest BCUT2D eigenvalue weighted by Crippen LogP contribution is 2.28. The van der Waals surface area contributed by atoms with Crippen molar-refractivity contribution in [3.05, 3.63) is 34.4 Å². The molecule has 0 aliphatic carbocycles. The number of ether oxygens (including phenoxy) is 1.